The summed E-state index contributed by atoms with van der Waals surface area (Å²) in [5.74, 6) is 1.05. The van der Waals surface area contributed by atoms with Crippen LogP contribution in [-0.4, -0.2) is 37.7 Å². The predicted molar refractivity (Wildman–Crippen MR) is 88.9 cm³/mol. The highest BCUT2D eigenvalue weighted by molar-refractivity contribution is 5.35. The van der Waals surface area contributed by atoms with Crippen molar-refractivity contribution in [1.29, 1.82) is 0 Å². The van der Waals surface area contributed by atoms with Crippen LogP contribution in [0, 0.1) is 0 Å². The van der Waals surface area contributed by atoms with E-state index in [-0.39, 0.29) is 0 Å². The summed E-state index contributed by atoms with van der Waals surface area (Å²) in [6.07, 6.45) is 4.93. The summed E-state index contributed by atoms with van der Waals surface area (Å²) in [5, 5.41) is 3.54. The van der Waals surface area contributed by atoms with E-state index in [1.807, 2.05) is 0 Å². The van der Waals surface area contributed by atoms with Crippen molar-refractivity contribution in [1.82, 2.24) is 10.2 Å². The molecular formula is C18H30N2O. The maximum atomic E-state index is 6.06. The van der Waals surface area contributed by atoms with Crippen LogP contribution in [0.15, 0.2) is 24.3 Å². The molecule has 0 radical (unpaired) electrons. The van der Waals surface area contributed by atoms with Crippen molar-refractivity contribution in [2.75, 3.05) is 32.8 Å². The fourth-order valence-electron chi connectivity index (χ4n) is 3.10. The molecule has 1 N–H and O–H groups in total. The van der Waals surface area contributed by atoms with Crippen LogP contribution in [0.3, 0.4) is 0 Å². The molecule has 118 valence electrons. The second kappa shape index (κ2) is 9.06. The van der Waals surface area contributed by atoms with Crippen LogP contribution in [0.1, 0.15) is 51.1 Å². The fourth-order valence-corrected chi connectivity index (χ4v) is 3.10. The first-order valence-electron chi connectivity index (χ1n) is 8.52. The zero-order valence-corrected chi connectivity index (χ0v) is 13.6. The second-order valence-corrected chi connectivity index (χ2v) is 5.81. The van der Waals surface area contributed by atoms with Gasteiger partial charge in [0.15, 0.2) is 0 Å². The lowest BCUT2D eigenvalue weighted by Crippen LogP contribution is -2.23. The topological polar surface area (TPSA) is 24.5 Å². The number of nitrogens with zero attached hydrogens (tertiary/aromatic N) is 1. The molecule has 1 atom stereocenters. The molecule has 0 bridgehead atoms. The Kier molecular flexibility index (Phi) is 7.04. The lowest BCUT2D eigenvalue weighted by atomic mass is 10.0. The Hall–Kier alpha value is -1.06. The van der Waals surface area contributed by atoms with Crippen LogP contribution in [0.4, 0.5) is 0 Å². The average molecular weight is 290 g/mol. The quantitative estimate of drug-likeness (QED) is 0.703. The standard InChI is InChI=1S/C18H30N2O/c1-3-17(19-4-2)16-10-5-6-11-18(16)21-15-9-14-20-12-7-8-13-20/h5-6,10-11,17,19H,3-4,7-9,12-15H2,1-2H3. The summed E-state index contributed by atoms with van der Waals surface area (Å²) in [7, 11) is 0. The van der Waals surface area contributed by atoms with Crippen LogP contribution in [0.25, 0.3) is 0 Å². The average Bonchev–Trinajstić information content (AvgIpc) is 3.03. The maximum absolute atomic E-state index is 6.06. The highest BCUT2D eigenvalue weighted by Crippen LogP contribution is 2.27. The Morgan fingerprint density at radius 3 is 2.67 bits per heavy atom. The van der Waals surface area contributed by atoms with E-state index in [0.29, 0.717) is 6.04 Å². The van der Waals surface area contributed by atoms with Crippen molar-refractivity contribution in [3.8, 4) is 5.75 Å². The summed E-state index contributed by atoms with van der Waals surface area (Å²) in [6.45, 7) is 9.90. The lowest BCUT2D eigenvalue weighted by Gasteiger charge is -2.20. The van der Waals surface area contributed by atoms with Crippen LogP contribution < -0.4 is 10.1 Å². The SMILES string of the molecule is CCNC(CC)c1ccccc1OCCCN1CCCC1. The number of ether oxygens (including phenoxy) is 1. The van der Waals surface area contributed by atoms with E-state index in [4.69, 9.17) is 4.74 Å². The Morgan fingerprint density at radius 1 is 1.19 bits per heavy atom. The normalized spacial score (nSPS) is 17.0. The number of benzene rings is 1. The molecule has 1 aromatic rings. The van der Waals surface area contributed by atoms with Gasteiger partial charge in [-0.15, -0.1) is 0 Å². The molecule has 0 aliphatic carbocycles. The molecule has 1 aliphatic heterocycles. The lowest BCUT2D eigenvalue weighted by molar-refractivity contribution is 0.260. The van der Waals surface area contributed by atoms with Crippen molar-refractivity contribution < 1.29 is 4.74 Å². The van der Waals surface area contributed by atoms with Gasteiger partial charge in [0.25, 0.3) is 0 Å². The monoisotopic (exact) mass is 290 g/mol. The second-order valence-electron chi connectivity index (χ2n) is 5.81. The van der Waals surface area contributed by atoms with Crippen LogP contribution in [0.5, 0.6) is 5.75 Å². The van der Waals surface area contributed by atoms with Crippen molar-refractivity contribution in [3.63, 3.8) is 0 Å². The molecule has 1 aromatic carbocycles. The molecule has 0 spiro atoms. The number of hydrogen-bond donors (Lipinski definition) is 1. The van der Waals surface area contributed by atoms with Gasteiger partial charge < -0.3 is 15.0 Å². The number of hydrogen-bond acceptors (Lipinski definition) is 3. The van der Waals surface area contributed by atoms with Crippen LogP contribution in [0.2, 0.25) is 0 Å². The molecular weight excluding hydrogens is 260 g/mol. The molecule has 0 aromatic heterocycles. The summed E-state index contributed by atoms with van der Waals surface area (Å²) in [5.41, 5.74) is 1.29. The van der Waals surface area contributed by atoms with Gasteiger partial charge in [-0.3, -0.25) is 0 Å². The minimum absolute atomic E-state index is 0.393. The Labute approximate surface area is 129 Å². The highest BCUT2D eigenvalue weighted by Gasteiger charge is 2.14. The molecule has 3 heteroatoms. The minimum Gasteiger partial charge on any atom is -0.493 e. The highest BCUT2D eigenvalue weighted by atomic mass is 16.5. The molecule has 1 heterocycles. The van der Waals surface area contributed by atoms with Gasteiger partial charge in [0.1, 0.15) is 5.75 Å². The predicted octanol–water partition coefficient (Wildman–Crippen LogP) is 3.61. The van der Waals surface area contributed by atoms with E-state index in [0.717, 1.165) is 31.7 Å². The molecule has 0 amide bonds. The van der Waals surface area contributed by atoms with E-state index in [1.165, 1.54) is 38.0 Å². The van der Waals surface area contributed by atoms with Gasteiger partial charge in [0.05, 0.1) is 6.61 Å². The van der Waals surface area contributed by atoms with Crippen molar-refractivity contribution >= 4 is 0 Å². The third-order valence-electron chi connectivity index (χ3n) is 4.23. The first-order valence-corrected chi connectivity index (χ1v) is 8.52. The maximum Gasteiger partial charge on any atom is 0.124 e. The molecule has 2 rings (SSSR count). The third-order valence-corrected chi connectivity index (χ3v) is 4.23. The van der Waals surface area contributed by atoms with Crippen LogP contribution >= 0.6 is 0 Å². The first kappa shape index (κ1) is 16.3. The number of likely N-dealkylation sites (tertiary alicyclic amines) is 1. The van der Waals surface area contributed by atoms with Crippen molar-refractivity contribution in [2.24, 2.45) is 0 Å². The molecule has 1 saturated heterocycles. The zero-order chi connectivity index (χ0) is 14.9. The Balaban J connectivity index is 1.83. The molecule has 0 saturated carbocycles. The zero-order valence-electron chi connectivity index (χ0n) is 13.6. The van der Waals surface area contributed by atoms with Gasteiger partial charge in [-0.1, -0.05) is 32.0 Å². The molecule has 1 aliphatic rings. The van der Waals surface area contributed by atoms with Gasteiger partial charge in [-0.2, -0.15) is 0 Å². The number of nitrogens with one attached hydrogen (secondary N) is 1. The fraction of sp³-hybridized carbons (Fsp3) is 0.667. The smallest absolute Gasteiger partial charge is 0.124 e. The van der Waals surface area contributed by atoms with Gasteiger partial charge in [-0.25, -0.2) is 0 Å². The van der Waals surface area contributed by atoms with Gasteiger partial charge >= 0.3 is 0 Å². The molecule has 21 heavy (non-hydrogen) atoms. The molecule has 1 fully saturated rings. The van der Waals surface area contributed by atoms with Crippen molar-refractivity contribution in [3.05, 3.63) is 29.8 Å². The Morgan fingerprint density at radius 2 is 1.95 bits per heavy atom. The summed E-state index contributed by atoms with van der Waals surface area (Å²) in [4.78, 5) is 2.54. The van der Waals surface area contributed by atoms with E-state index in [9.17, 15) is 0 Å². The third kappa shape index (κ3) is 5.01. The largest absolute Gasteiger partial charge is 0.493 e. The Bertz CT molecular complexity index is 402. The van der Waals surface area contributed by atoms with E-state index >= 15 is 0 Å². The molecule has 1 unspecified atom stereocenters. The molecule has 3 nitrogen and oxygen atoms in total. The van der Waals surface area contributed by atoms with E-state index in [1.54, 1.807) is 0 Å². The van der Waals surface area contributed by atoms with E-state index in [2.05, 4.69) is 48.3 Å². The summed E-state index contributed by atoms with van der Waals surface area (Å²) in [6, 6.07) is 8.85. The van der Waals surface area contributed by atoms with Crippen molar-refractivity contribution in [2.45, 2.75) is 45.6 Å². The summed E-state index contributed by atoms with van der Waals surface area (Å²) >= 11 is 0. The number of para-hydroxylation sites is 1. The van der Waals surface area contributed by atoms with Gasteiger partial charge in [0.2, 0.25) is 0 Å². The van der Waals surface area contributed by atoms with Gasteiger partial charge in [0, 0.05) is 18.2 Å². The van der Waals surface area contributed by atoms with Gasteiger partial charge in [-0.05, 0) is 51.4 Å². The van der Waals surface area contributed by atoms with E-state index < -0.39 is 0 Å². The minimum atomic E-state index is 0.393. The number of rotatable bonds is 9. The van der Waals surface area contributed by atoms with Crippen LogP contribution in [-0.2, 0) is 0 Å². The first-order chi connectivity index (χ1) is 10.3. The summed E-state index contributed by atoms with van der Waals surface area (Å²) < 4.78 is 6.06.